The summed E-state index contributed by atoms with van der Waals surface area (Å²) in [7, 11) is 0. The average Bonchev–Trinajstić information content (AvgIpc) is 2.23. The van der Waals surface area contributed by atoms with Gasteiger partial charge in [-0.3, -0.25) is 0 Å². The van der Waals surface area contributed by atoms with Gasteiger partial charge >= 0.3 is 5.97 Å². The molecule has 0 heterocycles. The van der Waals surface area contributed by atoms with Crippen molar-refractivity contribution in [1.82, 2.24) is 0 Å². The lowest BCUT2D eigenvalue weighted by atomic mass is 10.2. The number of hydrogen-bond donors (Lipinski definition) is 0. The molecule has 0 rings (SSSR count). The molecule has 0 atom stereocenters. The molecule has 0 spiro atoms. The number of carbonyl (C=O) groups is 1. The number of esters is 1. The summed E-state index contributed by atoms with van der Waals surface area (Å²) >= 11 is 0. The zero-order valence-electron chi connectivity index (χ0n) is 9.24. The minimum atomic E-state index is -0.413. The van der Waals surface area contributed by atoms with E-state index in [0.29, 0.717) is 17.9 Å². The van der Waals surface area contributed by atoms with Gasteiger partial charge in [0, 0.05) is 0 Å². The van der Waals surface area contributed by atoms with Crippen LogP contribution in [0.4, 0.5) is 0 Å². The molecule has 0 unspecified atom stereocenters. The molecule has 0 N–H and O–H groups in total. The molecule has 4 heteroatoms. The summed E-state index contributed by atoms with van der Waals surface area (Å²) in [6.07, 6.45) is 3.23. The Labute approximate surface area is 89.8 Å². The fourth-order valence-corrected chi connectivity index (χ4v) is 0.816. The molecule has 0 aromatic rings. The standard InChI is InChI=1S/C11H15NO3/c1-4-10(7-12)6-9(3)15-8-11(13)14-5-2/h4,6H,5,8H2,1-3H3. The predicted octanol–water partition coefficient (Wildman–Crippen LogP) is 1.94. The number of rotatable bonds is 5. The molecule has 0 bridgehead atoms. The van der Waals surface area contributed by atoms with Crippen LogP contribution in [0.3, 0.4) is 0 Å². The lowest BCUT2D eigenvalue weighted by Crippen LogP contribution is -2.11. The number of nitrogens with zero attached hydrogens (tertiary/aromatic N) is 1. The van der Waals surface area contributed by atoms with Crippen molar-refractivity contribution >= 4 is 5.97 Å². The molecule has 0 aliphatic rings. The zero-order valence-corrected chi connectivity index (χ0v) is 9.24. The minimum absolute atomic E-state index is 0.126. The van der Waals surface area contributed by atoms with Crippen LogP contribution in [0.5, 0.6) is 0 Å². The highest BCUT2D eigenvalue weighted by molar-refractivity contribution is 5.70. The molecule has 15 heavy (non-hydrogen) atoms. The van der Waals surface area contributed by atoms with Crippen LogP contribution in [0, 0.1) is 11.3 Å². The highest BCUT2D eigenvalue weighted by Crippen LogP contribution is 2.02. The van der Waals surface area contributed by atoms with Crippen LogP contribution in [0.15, 0.2) is 23.5 Å². The molecule has 0 radical (unpaired) electrons. The van der Waals surface area contributed by atoms with Gasteiger partial charge in [-0.25, -0.2) is 4.79 Å². The second-order valence-corrected chi connectivity index (χ2v) is 2.70. The van der Waals surface area contributed by atoms with Crippen LogP contribution < -0.4 is 0 Å². The third-order valence-corrected chi connectivity index (χ3v) is 1.52. The van der Waals surface area contributed by atoms with E-state index in [9.17, 15) is 4.79 Å². The summed E-state index contributed by atoms with van der Waals surface area (Å²) in [4.78, 5) is 10.9. The maximum Gasteiger partial charge on any atom is 0.344 e. The monoisotopic (exact) mass is 209 g/mol. The molecule has 0 aromatic heterocycles. The van der Waals surface area contributed by atoms with E-state index in [4.69, 9.17) is 10.00 Å². The van der Waals surface area contributed by atoms with Crippen molar-refractivity contribution in [1.29, 1.82) is 5.26 Å². The maximum absolute atomic E-state index is 10.9. The van der Waals surface area contributed by atoms with Crippen LogP contribution in [0.1, 0.15) is 20.8 Å². The van der Waals surface area contributed by atoms with Crippen LogP contribution in [-0.2, 0) is 14.3 Å². The minimum Gasteiger partial charge on any atom is -0.487 e. The molecule has 4 nitrogen and oxygen atoms in total. The van der Waals surface area contributed by atoms with Crippen molar-refractivity contribution in [2.45, 2.75) is 20.8 Å². The number of carbonyl (C=O) groups excluding carboxylic acids is 1. The first-order valence-corrected chi connectivity index (χ1v) is 4.67. The highest BCUT2D eigenvalue weighted by atomic mass is 16.6. The molecule has 0 saturated carbocycles. The Bertz CT molecular complexity index is 310. The fourth-order valence-electron chi connectivity index (χ4n) is 0.816. The molecular formula is C11H15NO3. The molecule has 0 amide bonds. The number of allylic oxidation sites excluding steroid dienone is 4. The lowest BCUT2D eigenvalue weighted by Gasteiger charge is -2.05. The molecule has 0 saturated heterocycles. The van der Waals surface area contributed by atoms with E-state index in [1.54, 1.807) is 32.9 Å². The first-order valence-electron chi connectivity index (χ1n) is 4.67. The van der Waals surface area contributed by atoms with E-state index < -0.39 is 5.97 Å². The Hall–Kier alpha value is -1.76. The zero-order chi connectivity index (χ0) is 11.7. The summed E-state index contributed by atoms with van der Waals surface area (Å²) in [6.45, 7) is 5.38. The van der Waals surface area contributed by atoms with E-state index >= 15 is 0 Å². The summed E-state index contributed by atoms with van der Waals surface area (Å²) < 4.78 is 9.76. The number of nitriles is 1. The van der Waals surface area contributed by atoms with Gasteiger partial charge in [0.25, 0.3) is 0 Å². The van der Waals surface area contributed by atoms with Gasteiger partial charge in [-0.05, 0) is 26.8 Å². The highest BCUT2D eigenvalue weighted by Gasteiger charge is 2.02. The molecular weight excluding hydrogens is 194 g/mol. The third-order valence-electron chi connectivity index (χ3n) is 1.52. The first kappa shape index (κ1) is 13.2. The Morgan fingerprint density at radius 1 is 1.47 bits per heavy atom. The van der Waals surface area contributed by atoms with E-state index in [2.05, 4.69) is 4.74 Å². The lowest BCUT2D eigenvalue weighted by molar-refractivity contribution is -0.147. The van der Waals surface area contributed by atoms with Gasteiger partial charge in [0.05, 0.1) is 24.0 Å². The first-order chi connectivity index (χ1) is 7.13. The van der Waals surface area contributed by atoms with Crippen molar-refractivity contribution in [2.24, 2.45) is 0 Å². The van der Waals surface area contributed by atoms with Crippen molar-refractivity contribution in [2.75, 3.05) is 13.2 Å². The van der Waals surface area contributed by atoms with Gasteiger partial charge < -0.3 is 9.47 Å². The molecule has 0 aromatic carbocycles. The topological polar surface area (TPSA) is 59.3 Å². The van der Waals surface area contributed by atoms with Gasteiger partial charge in [-0.15, -0.1) is 0 Å². The molecule has 82 valence electrons. The smallest absolute Gasteiger partial charge is 0.344 e. The summed E-state index contributed by atoms with van der Waals surface area (Å²) in [5, 5.41) is 8.63. The van der Waals surface area contributed by atoms with E-state index in [-0.39, 0.29) is 6.61 Å². The van der Waals surface area contributed by atoms with Gasteiger partial charge in [0.1, 0.15) is 0 Å². The molecule has 0 aliphatic heterocycles. The van der Waals surface area contributed by atoms with Crippen molar-refractivity contribution in [3.63, 3.8) is 0 Å². The summed E-state index contributed by atoms with van der Waals surface area (Å²) in [6, 6.07) is 1.98. The van der Waals surface area contributed by atoms with E-state index in [1.165, 1.54) is 0 Å². The Balaban J connectivity index is 4.10. The predicted molar refractivity (Wildman–Crippen MR) is 55.7 cm³/mol. The van der Waals surface area contributed by atoms with Gasteiger partial charge in [0.2, 0.25) is 0 Å². The van der Waals surface area contributed by atoms with Crippen LogP contribution in [0.2, 0.25) is 0 Å². The van der Waals surface area contributed by atoms with Gasteiger partial charge in [-0.2, -0.15) is 5.26 Å². The largest absolute Gasteiger partial charge is 0.487 e. The normalized spacial score (nSPS) is 11.9. The average molecular weight is 209 g/mol. The number of ether oxygens (including phenoxy) is 2. The maximum atomic E-state index is 10.9. The second-order valence-electron chi connectivity index (χ2n) is 2.70. The Morgan fingerprint density at radius 2 is 2.13 bits per heavy atom. The second kappa shape index (κ2) is 7.63. The summed E-state index contributed by atoms with van der Waals surface area (Å²) in [5.41, 5.74) is 0.497. The van der Waals surface area contributed by atoms with Crippen molar-refractivity contribution in [3.8, 4) is 6.07 Å². The van der Waals surface area contributed by atoms with E-state index in [1.807, 2.05) is 6.07 Å². The van der Waals surface area contributed by atoms with Crippen molar-refractivity contribution < 1.29 is 14.3 Å². The van der Waals surface area contributed by atoms with Gasteiger partial charge in [0.15, 0.2) is 6.61 Å². The van der Waals surface area contributed by atoms with Crippen LogP contribution in [0.25, 0.3) is 0 Å². The Kier molecular flexibility index (Phi) is 6.73. The van der Waals surface area contributed by atoms with Gasteiger partial charge in [-0.1, -0.05) is 6.08 Å². The summed E-state index contributed by atoms with van der Waals surface area (Å²) in [5.74, 6) is 0.0990. The SMILES string of the molecule is CC=C(C#N)C=C(C)OCC(=O)OCC. The number of hydrogen-bond acceptors (Lipinski definition) is 4. The molecule has 0 aliphatic carbocycles. The fraction of sp³-hybridized carbons (Fsp3) is 0.455. The molecule has 0 fully saturated rings. The van der Waals surface area contributed by atoms with Crippen LogP contribution in [-0.4, -0.2) is 19.2 Å². The van der Waals surface area contributed by atoms with Crippen molar-refractivity contribution in [3.05, 3.63) is 23.5 Å². The third kappa shape index (κ3) is 6.33. The van der Waals surface area contributed by atoms with E-state index in [0.717, 1.165) is 0 Å². The quantitative estimate of drug-likeness (QED) is 0.300. The Morgan fingerprint density at radius 3 is 2.60 bits per heavy atom. The van der Waals surface area contributed by atoms with Crippen LogP contribution >= 0.6 is 0 Å².